The molecule has 0 bridgehead atoms. The second-order valence-electron chi connectivity index (χ2n) is 3.88. The van der Waals surface area contributed by atoms with Gasteiger partial charge in [0.05, 0.1) is 6.20 Å². The van der Waals surface area contributed by atoms with Crippen LogP contribution in [0.4, 0.5) is 0 Å². The molecule has 1 heterocycles. The summed E-state index contributed by atoms with van der Waals surface area (Å²) in [6.45, 7) is 5.15. The van der Waals surface area contributed by atoms with E-state index >= 15 is 0 Å². The van der Waals surface area contributed by atoms with Crippen LogP contribution in [0.2, 0.25) is 0 Å². The maximum atomic E-state index is 5.53. The molecular formula is C10H19N3. The van der Waals surface area contributed by atoms with Gasteiger partial charge in [0.15, 0.2) is 0 Å². The zero-order valence-electron chi connectivity index (χ0n) is 8.75. The minimum Gasteiger partial charge on any atom is -0.330 e. The van der Waals surface area contributed by atoms with E-state index in [9.17, 15) is 0 Å². The molecule has 0 saturated heterocycles. The molecule has 0 fully saturated rings. The van der Waals surface area contributed by atoms with Crippen LogP contribution in [-0.2, 0) is 19.9 Å². The normalized spacial score (nSPS) is 11.2. The number of aromatic nitrogens is 2. The van der Waals surface area contributed by atoms with Crippen molar-refractivity contribution in [2.75, 3.05) is 6.54 Å². The van der Waals surface area contributed by atoms with Crippen LogP contribution in [0.5, 0.6) is 0 Å². The topological polar surface area (TPSA) is 43.8 Å². The highest BCUT2D eigenvalue weighted by Crippen LogP contribution is 2.12. The van der Waals surface area contributed by atoms with Crippen molar-refractivity contribution in [2.24, 2.45) is 18.7 Å². The first kappa shape index (κ1) is 10.3. The van der Waals surface area contributed by atoms with Crippen molar-refractivity contribution in [3.63, 3.8) is 0 Å². The minimum absolute atomic E-state index is 0.673. The maximum absolute atomic E-state index is 5.53. The lowest BCUT2D eigenvalue weighted by Gasteiger charge is -2.07. The molecule has 0 unspecified atom stereocenters. The molecule has 0 saturated carbocycles. The number of nitrogens with two attached hydrogens (primary N) is 1. The van der Waals surface area contributed by atoms with Crippen LogP contribution in [-0.4, -0.2) is 16.3 Å². The van der Waals surface area contributed by atoms with E-state index in [1.165, 1.54) is 11.3 Å². The molecule has 1 aromatic heterocycles. The molecule has 74 valence electrons. The average Bonchev–Trinajstić information content (AvgIpc) is 2.36. The van der Waals surface area contributed by atoms with Gasteiger partial charge in [-0.3, -0.25) is 4.68 Å². The molecule has 0 aromatic carbocycles. The Kier molecular flexibility index (Phi) is 3.48. The van der Waals surface area contributed by atoms with Crippen LogP contribution in [0.1, 0.15) is 25.1 Å². The van der Waals surface area contributed by atoms with E-state index in [0.29, 0.717) is 12.5 Å². The molecule has 1 aromatic rings. The van der Waals surface area contributed by atoms with Gasteiger partial charge in [-0.15, -0.1) is 0 Å². The van der Waals surface area contributed by atoms with Gasteiger partial charge in [0.1, 0.15) is 0 Å². The number of rotatable bonds is 4. The molecule has 0 radical (unpaired) electrons. The van der Waals surface area contributed by atoms with Gasteiger partial charge in [-0.1, -0.05) is 13.8 Å². The van der Waals surface area contributed by atoms with E-state index in [1.807, 2.05) is 17.9 Å². The van der Waals surface area contributed by atoms with Crippen LogP contribution < -0.4 is 5.73 Å². The van der Waals surface area contributed by atoms with E-state index in [0.717, 1.165) is 12.8 Å². The first-order chi connectivity index (χ1) is 6.15. The van der Waals surface area contributed by atoms with Gasteiger partial charge in [0, 0.05) is 12.7 Å². The SMILES string of the molecule is CC(C)Cc1c(CCN)cnn1C. The summed E-state index contributed by atoms with van der Waals surface area (Å²) in [5, 5.41) is 4.25. The van der Waals surface area contributed by atoms with Crippen molar-refractivity contribution in [3.8, 4) is 0 Å². The Morgan fingerprint density at radius 2 is 2.23 bits per heavy atom. The smallest absolute Gasteiger partial charge is 0.0525 e. The predicted octanol–water partition coefficient (Wildman–Crippen LogP) is 1.12. The fourth-order valence-corrected chi connectivity index (χ4v) is 1.52. The van der Waals surface area contributed by atoms with Crippen LogP contribution in [0, 0.1) is 5.92 Å². The molecule has 1 rings (SSSR count). The zero-order chi connectivity index (χ0) is 9.84. The molecule has 0 aliphatic carbocycles. The van der Waals surface area contributed by atoms with E-state index < -0.39 is 0 Å². The lowest BCUT2D eigenvalue weighted by molar-refractivity contribution is 0.591. The highest BCUT2D eigenvalue weighted by molar-refractivity contribution is 5.18. The standard InChI is InChI=1S/C10H19N3/c1-8(2)6-10-9(4-5-11)7-12-13(10)3/h7-8H,4-6,11H2,1-3H3. The molecule has 0 atom stereocenters. The number of hydrogen-bond acceptors (Lipinski definition) is 2. The number of nitrogens with zero attached hydrogens (tertiary/aromatic N) is 2. The van der Waals surface area contributed by atoms with Crippen molar-refractivity contribution < 1.29 is 0 Å². The molecule has 0 spiro atoms. The van der Waals surface area contributed by atoms with Crippen LogP contribution >= 0.6 is 0 Å². The molecule has 3 nitrogen and oxygen atoms in total. The Balaban J connectivity index is 2.81. The monoisotopic (exact) mass is 181 g/mol. The third-order valence-electron chi connectivity index (χ3n) is 2.16. The summed E-state index contributed by atoms with van der Waals surface area (Å²) in [6.07, 6.45) is 3.96. The van der Waals surface area contributed by atoms with Crippen LogP contribution in [0.3, 0.4) is 0 Å². The zero-order valence-corrected chi connectivity index (χ0v) is 8.75. The van der Waals surface area contributed by atoms with Crippen LogP contribution in [0.25, 0.3) is 0 Å². The second-order valence-corrected chi connectivity index (χ2v) is 3.88. The number of aryl methyl sites for hydroxylation is 1. The Bertz CT molecular complexity index is 263. The van der Waals surface area contributed by atoms with Gasteiger partial charge in [0.2, 0.25) is 0 Å². The first-order valence-electron chi connectivity index (χ1n) is 4.85. The lowest BCUT2D eigenvalue weighted by atomic mass is 10.0. The highest BCUT2D eigenvalue weighted by atomic mass is 15.3. The third kappa shape index (κ3) is 2.56. The first-order valence-corrected chi connectivity index (χ1v) is 4.85. The molecule has 2 N–H and O–H groups in total. The van der Waals surface area contributed by atoms with Gasteiger partial charge >= 0.3 is 0 Å². The Hall–Kier alpha value is -0.830. The quantitative estimate of drug-likeness (QED) is 0.756. The molecule has 0 amide bonds. The summed E-state index contributed by atoms with van der Waals surface area (Å²) in [6, 6.07) is 0. The van der Waals surface area contributed by atoms with Crippen molar-refractivity contribution in [1.29, 1.82) is 0 Å². The second kappa shape index (κ2) is 4.42. The number of hydrogen-bond donors (Lipinski definition) is 1. The van der Waals surface area contributed by atoms with Gasteiger partial charge in [-0.2, -0.15) is 5.10 Å². The maximum Gasteiger partial charge on any atom is 0.0525 e. The highest BCUT2D eigenvalue weighted by Gasteiger charge is 2.08. The molecule has 0 aliphatic heterocycles. The Labute approximate surface area is 79.9 Å². The third-order valence-corrected chi connectivity index (χ3v) is 2.16. The Morgan fingerprint density at radius 1 is 1.54 bits per heavy atom. The van der Waals surface area contributed by atoms with Crippen LogP contribution in [0.15, 0.2) is 6.20 Å². The van der Waals surface area contributed by atoms with Gasteiger partial charge in [-0.05, 0) is 30.9 Å². The largest absolute Gasteiger partial charge is 0.330 e. The van der Waals surface area contributed by atoms with Gasteiger partial charge in [-0.25, -0.2) is 0 Å². The predicted molar refractivity (Wildman–Crippen MR) is 54.5 cm³/mol. The lowest BCUT2D eigenvalue weighted by Crippen LogP contribution is -2.08. The molecule has 0 aliphatic rings. The van der Waals surface area contributed by atoms with Crippen molar-refractivity contribution >= 4 is 0 Å². The Morgan fingerprint density at radius 3 is 2.77 bits per heavy atom. The van der Waals surface area contributed by atoms with Gasteiger partial charge < -0.3 is 5.73 Å². The summed E-state index contributed by atoms with van der Waals surface area (Å²) in [4.78, 5) is 0. The minimum atomic E-state index is 0.673. The summed E-state index contributed by atoms with van der Waals surface area (Å²) in [7, 11) is 2.00. The molecule has 13 heavy (non-hydrogen) atoms. The van der Waals surface area contributed by atoms with Crippen molar-refractivity contribution in [3.05, 3.63) is 17.5 Å². The molecular weight excluding hydrogens is 162 g/mol. The van der Waals surface area contributed by atoms with E-state index in [2.05, 4.69) is 18.9 Å². The van der Waals surface area contributed by atoms with Crippen molar-refractivity contribution in [2.45, 2.75) is 26.7 Å². The average molecular weight is 181 g/mol. The van der Waals surface area contributed by atoms with Crippen molar-refractivity contribution in [1.82, 2.24) is 9.78 Å². The van der Waals surface area contributed by atoms with E-state index in [1.54, 1.807) is 0 Å². The summed E-state index contributed by atoms with van der Waals surface area (Å²) >= 11 is 0. The summed E-state index contributed by atoms with van der Waals surface area (Å²) in [5.41, 5.74) is 8.17. The summed E-state index contributed by atoms with van der Waals surface area (Å²) < 4.78 is 1.96. The fraction of sp³-hybridized carbons (Fsp3) is 0.700. The summed E-state index contributed by atoms with van der Waals surface area (Å²) in [5.74, 6) is 0.673. The van der Waals surface area contributed by atoms with E-state index in [-0.39, 0.29) is 0 Å². The fourth-order valence-electron chi connectivity index (χ4n) is 1.52. The van der Waals surface area contributed by atoms with Gasteiger partial charge in [0.25, 0.3) is 0 Å². The van der Waals surface area contributed by atoms with E-state index in [4.69, 9.17) is 5.73 Å². The molecule has 3 heteroatoms.